The van der Waals surface area contributed by atoms with Gasteiger partial charge in [-0.3, -0.25) is 14.3 Å². The predicted octanol–water partition coefficient (Wildman–Crippen LogP) is 1.09. The molecule has 5 nitrogen and oxygen atoms in total. The molecule has 0 radical (unpaired) electrons. The van der Waals surface area contributed by atoms with Gasteiger partial charge in [0.05, 0.1) is 5.56 Å². The Hall–Kier alpha value is -2.01. The summed E-state index contributed by atoms with van der Waals surface area (Å²) in [5, 5.41) is 0.670. The highest BCUT2D eigenvalue weighted by Crippen LogP contribution is 2.12. The maximum atomic E-state index is 11.7. The number of halogens is 1. The van der Waals surface area contributed by atoms with Gasteiger partial charge in [-0.15, -0.1) is 0 Å². The second kappa shape index (κ2) is 5.32. The number of nitrogens with two attached hydrogens (primary N) is 1. The van der Waals surface area contributed by atoms with E-state index in [1.807, 2.05) is 12.1 Å². The molecule has 1 heterocycles. The lowest BCUT2D eigenvalue weighted by Gasteiger charge is -2.08. The van der Waals surface area contributed by atoms with Crippen LogP contribution in [0.3, 0.4) is 0 Å². The number of H-pyrrole nitrogens is 1. The first kappa shape index (κ1) is 13.4. The van der Waals surface area contributed by atoms with E-state index in [-0.39, 0.29) is 5.82 Å². The summed E-state index contributed by atoms with van der Waals surface area (Å²) in [7, 11) is 1.53. The number of nitrogen functional groups attached to an aromatic ring is 1. The van der Waals surface area contributed by atoms with Gasteiger partial charge in [0, 0.05) is 12.1 Å². The molecule has 0 aliphatic heterocycles. The van der Waals surface area contributed by atoms with Crippen LogP contribution in [0.4, 0.5) is 5.82 Å². The van der Waals surface area contributed by atoms with Crippen molar-refractivity contribution < 1.29 is 0 Å². The topological polar surface area (TPSA) is 80.9 Å². The monoisotopic (exact) mass is 279 g/mol. The number of nitrogens with zero attached hydrogens (tertiary/aromatic N) is 1. The van der Waals surface area contributed by atoms with Crippen molar-refractivity contribution in [3.05, 3.63) is 61.3 Å². The van der Waals surface area contributed by atoms with Gasteiger partial charge >= 0.3 is 5.69 Å². The van der Waals surface area contributed by atoms with Gasteiger partial charge in [0.15, 0.2) is 0 Å². The van der Waals surface area contributed by atoms with Gasteiger partial charge in [0.25, 0.3) is 5.56 Å². The van der Waals surface area contributed by atoms with E-state index in [1.165, 1.54) is 11.6 Å². The molecule has 2 aromatic rings. The third-order valence-electron chi connectivity index (χ3n) is 3.05. The number of nitrogens with one attached hydrogen (secondary N) is 1. The molecule has 19 heavy (non-hydrogen) atoms. The number of anilines is 1. The Morgan fingerprint density at radius 1 is 1.21 bits per heavy atom. The summed E-state index contributed by atoms with van der Waals surface area (Å²) in [6.45, 7) is 0. The number of rotatable bonds is 3. The Bertz CT molecular complexity index is 701. The third-order valence-corrected chi connectivity index (χ3v) is 3.30. The van der Waals surface area contributed by atoms with Crippen LogP contribution in [0.5, 0.6) is 0 Å². The zero-order valence-electron chi connectivity index (χ0n) is 10.4. The van der Waals surface area contributed by atoms with Gasteiger partial charge < -0.3 is 5.73 Å². The summed E-state index contributed by atoms with van der Waals surface area (Å²) in [5.74, 6) is 0.211. The van der Waals surface area contributed by atoms with E-state index in [0.717, 1.165) is 5.56 Å². The zero-order chi connectivity index (χ0) is 14.0. The molecular weight excluding hydrogens is 266 g/mol. The number of hydrogen-bond acceptors (Lipinski definition) is 3. The van der Waals surface area contributed by atoms with Gasteiger partial charge in [-0.2, -0.15) is 0 Å². The highest BCUT2D eigenvalue weighted by molar-refractivity contribution is 6.30. The first-order valence-corrected chi connectivity index (χ1v) is 6.19. The molecule has 1 aromatic heterocycles. The van der Waals surface area contributed by atoms with Gasteiger partial charge in [0.1, 0.15) is 5.82 Å². The van der Waals surface area contributed by atoms with Crippen LogP contribution < -0.4 is 17.0 Å². The molecule has 100 valence electrons. The van der Waals surface area contributed by atoms with E-state index < -0.39 is 11.2 Å². The van der Waals surface area contributed by atoms with Gasteiger partial charge in [-0.25, -0.2) is 4.79 Å². The Labute approximate surface area is 114 Å². The lowest BCUT2D eigenvalue weighted by Crippen LogP contribution is -2.33. The number of aromatic amines is 1. The Morgan fingerprint density at radius 2 is 1.84 bits per heavy atom. The van der Waals surface area contributed by atoms with Crippen molar-refractivity contribution >= 4 is 17.4 Å². The first-order chi connectivity index (χ1) is 8.99. The van der Waals surface area contributed by atoms with E-state index in [9.17, 15) is 9.59 Å². The van der Waals surface area contributed by atoms with Crippen LogP contribution in [0.2, 0.25) is 5.02 Å². The Balaban J connectivity index is 2.25. The highest BCUT2D eigenvalue weighted by atomic mass is 35.5. The highest BCUT2D eigenvalue weighted by Gasteiger charge is 2.09. The minimum atomic E-state index is -0.502. The summed E-state index contributed by atoms with van der Waals surface area (Å²) in [6.07, 6.45) is 1.12. The molecule has 1 aromatic carbocycles. The van der Waals surface area contributed by atoms with Crippen LogP contribution >= 0.6 is 11.6 Å². The molecule has 0 amide bonds. The van der Waals surface area contributed by atoms with Crippen molar-refractivity contribution in [1.82, 2.24) is 9.55 Å². The predicted molar refractivity (Wildman–Crippen MR) is 75.6 cm³/mol. The summed E-state index contributed by atoms with van der Waals surface area (Å²) < 4.78 is 1.23. The van der Waals surface area contributed by atoms with E-state index >= 15 is 0 Å². The first-order valence-electron chi connectivity index (χ1n) is 5.81. The summed E-state index contributed by atoms with van der Waals surface area (Å²) in [6, 6.07) is 7.39. The minimum Gasteiger partial charge on any atom is -0.385 e. The number of aryl methyl sites for hydroxylation is 1. The molecular formula is C13H14ClN3O2. The standard InChI is InChI=1S/C13H14ClN3O2/c1-17-11(15)10(12(18)16-13(17)19)7-4-8-2-5-9(14)6-3-8/h2-3,5-6H,4,7,15H2,1H3,(H,16,18,19). The van der Waals surface area contributed by atoms with Crippen molar-refractivity contribution in [2.45, 2.75) is 12.8 Å². The van der Waals surface area contributed by atoms with Gasteiger partial charge in [0.2, 0.25) is 0 Å². The van der Waals surface area contributed by atoms with Crippen molar-refractivity contribution in [3.8, 4) is 0 Å². The largest absolute Gasteiger partial charge is 0.385 e. The minimum absolute atomic E-state index is 0.211. The lowest BCUT2D eigenvalue weighted by molar-refractivity contribution is 0.782. The van der Waals surface area contributed by atoms with Crippen LogP contribution in [0.1, 0.15) is 11.1 Å². The van der Waals surface area contributed by atoms with E-state index in [2.05, 4.69) is 4.98 Å². The lowest BCUT2D eigenvalue weighted by atomic mass is 10.1. The molecule has 0 aliphatic carbocycles. The molecule has 3 N–H and O–H groups in total. The molecule has 0 aliphatic rings. The molecule has 2 rings (SSSR count). The van der Waals surface area contributed by atoms with E-state index in [1.54, 1.807) is 12.1 Å². The summed E-state index contributed by atoms with van der Waals surface area (Å²) in [4.78, 5) is 25.3. The second-order valence-corrected chi connectivity index (χ2v) is 4.74. The molecule has 0 unspecified atom stereocenters. The maximum absolute atomic E-state index is 11.7. The van der Waals surface area contributed by atoms with Crippen LogP contribution in [-0.4, -0.2) is 9.55 Å². The van der Waals surface area contributed by atoms with Crippen LogP contribution in [0.15, 0.2) is 33.9 Å². The zero-order valence-corrected chi connectivity index (χ0v) is 11.2. The maximum Gasteiger partial charge on any atom is 0.329 e. The molecule has 0 atom stereocenters. The second-order valence-electron chi connectivity index (χ2n) is 4.31. The molecule has 0 saturated heterocycles. The average molecular weight is 280 g/mol. The quantitative estimate of drug-likeness (QED) is 0.883. The molecule has 0 fully saturated rings. The molecule has 0 saturated carbocycles. The average Bonchev–Trinajstić information content (AvgIpc) is 2.38. The molecule has 0 bridgehead atoms. The van der Waals surface area contributed by atoms with Crippen LogP contribution in [-0.2, 0) is 19.9 Å². The molecule has 0 spiro atoms. The molecule has 6 heteroatoms. The fourth-order valence-electron chi connectivity index (χ4n) is 1.85. The number of aromatic nitrogens is 2. The van der Waals surface area contributed by atoms with Crippen molar-refractivity contribution in [1.29, 1.82) is 0 Å². The Morgan fingerprint density at radius 3 is 2.47 bits per heavy atom. The van der Waals surface area contributed by atoms with Crippen molar-refractivity contribution in [2.75, 3.05) is 5.73 Å². The van der Waals surface area contributed by atoms with E-state index in [4.69, 9.17) is 17.3 Å². The normalized spacial score (nSPS) is 10.6. The number of benzene rings is 1. The van der Waals surface area contributed by atoms with Gasteiger partial charge in [-0.05, 0) is 30.5 Å². The van der Waals surface area contributed by atoms with Crippen LogP contribution in [0, 0.1) is 0 Å². The summed E-state index contributed by atoms with van der Waals surface area (Å²) in [5.41, 5.74) is 6.35. The number of hydrogen-bond donors (Lipinski definition) is 2. The third kappa shape index (κ3) is 2.88. The summed E-state index contributed by atoms with van der Waals surface area (Å²) >= 11 is 5.80. The smallest absolute Gasteiger partial charge is 0.329 e. The SMILES string of the molecule is Cn1c(N)c(CCc2ccc(Cl)cc2)c(=O)[nH]c1=O. The van der Waals surface area contributed by atoms with Crippen LogP contribution in [0.25, 0.3) is 0 Å². The van der Waals surface area contributed by atoms with E-state index in [0.29, 0.717) is 23.4 Å². The van der Waals surface area contributed by atoms with Gasteiger partial charge in [-0.1, -0.05) is 23.7 Å². The fraction of sp³-hybridized carbons (Fsp3) is 0.231. The van der Waals surface area contributed by atoms with Crippen molar-refractivity contribution in [3.63, 3.8) is 0 Å². The van der Waals surface area contributed by atoms with Crippen molar-refractivity contribution in [2.24, 2.45) is 7.05 Å². The fourth-order valence-corrected chi connectivity index (χ4v) is 1.97. The Kier molecular flexibility index (Phi) is 3.76.